The molecule has 0 unspecified atom stereocenters. The average Bonchev–Trinajstić information content (AvgIpc) is 3.47. The summed E-state index contributed by atoms with van der Waals surface area (Å²) >= 11 is 0. The molecule has 158 valence electrons. The maximum Gasteiger partial charge on any atom is 0.0561 e. The number of nitrogens with zero attached hydrogens (tertiary/aromatic N) is 3. The summed E-state index contributed by atoms with van der Waals surface area (Å²) in [4.78, 5) is 19.8. The van der Waals surface area contributed by atoms with E-state index in [4.69, 9.17) is 4.98 Å². The van der Waals surface area contributed by atoms with E-state index < -0.39 is 0 Å². The number of aromatic nitrogens is 3. The highest BCUT2D eigenvalue weighted by Crippen LogP contribution is 2.00. The van der Waals surface area contributed by atoms with Crippen molar-refractivity contribution >= 4 is 12.4 Å². The molecule has 30 heavy (non-hydrogen) atoms. The fourth-order valence-electron chi connectivity index (χ4n) is 2.92. The van der Waals surface area contributed by atoms with Crippen LogP contribution in [0.5, 0.6) is 0 Å². The minimum absolute atomic E-state index is 0.779. The Bertz CT molecular complexity index is 797. The molecule has 0 amide bonds. The summed E-state index contributed by atoms with van der Waals surface area (Å²) < 4.78 is 0. The van der Waals surface area contributed by atoms with Crippen molar-refractivity contribution in [1.82, 2.24) is 25.6 Å². The van der Waals surface area contributed by atoms with Crippen LogP contribution in [-0.2, 0) is 13.1 Å². The van der Waals surface area contributed by atoms with E-state index in [9.17, 15) is 0 Å². The van der Waals surface area contributed by atoms with E-state index in [-0.39, 0.29) is 0 Å². The first-order valence-electron chi connectivity index (χ1n) is 10.5. The topological polar surface area (TPSA) is 93.2 Å². The van der Waals surface area contributed by atoms with Gasteiger partial charge in [0, 0.05) is 51.0 Å². The zero-order valence-corrected chi connectivity index (χ0v) is 17.3. The molecular weight excluding hydrogens is 374 g/mol. The van der Waals surface area contributed by atoms with Crippen molar-refractivity contribution in [3.8, 4) is 0 Å². The maximum atomic E-state index is 4.72. The number of nitrogens with one attached hydrogen (secondary N) is 4. The van der Waals surface area contributed by atoms with E-state index in [1.165, 1.54) is 0 Å². The molecule has 7 nitrogen and oxygen atoms in total. The number of hydrogen-bond acceptors (Lipinski definition) is 5. The Balaban J connectivity index is 1.23. The molecule has 0 aliphatic heterocycles. The molecule has 3 aromatic heterocycles. The SMILES string of the molecule is C(=NCCCNCc1cccc(CNCCCN=Cc2ccc[nH]2)n1)c1ccc[nH]1. The minimum Gasteiger partial charge on any atom is -0.360 e. The van der Waals surface area contributed by atoms with E-state index in [2.05, 4.69) is 48.8 Å². The minimum atomic E-state index is 0.779. The van der Waals surface area contributed by atoms with Crippen molar-refractivity contribution in [2.75, 3.05) is 26.2 Å². The normalized spacial score (nSPS) is 11.7. The highest BCUT2D eigenvalue weighted by atomic mass is 14.9. The molecule has 0 fully saturated rings. The van der Waals surface area contributed by atoms with E-state index in [1.807, 2.05) is 49.1 Å². The lowest BCUT2D eigenvalue weighted by molar-refractivity contribution is 0.629. The predicted octanol–water partition coefficient (Wildman–Crippen LogP) is 2.94. The van der Waals surface area contributed by atoms with E-state index in [0.29, 0.717) is 0 Å². The van der Waals surface area contributed by atoms with Gasteiger partial charge in [0.2, 0.25) is 0 Å². The summed E-state index contributed by atoms with van der Waals surface area (Å²) in [5.41, 5.74) is 4.23. The Morgan fingerprint density at radius 1 is 0.733 bits per heavy atom. The number of aromatic amines is 2. The first-order chi connectivity index (χ1) is 14.9. The quantitative estimate of drug-likeness (QED) is 0.245. The van der Waals surface area contributed by atoms with Crippen LogP contribution in [0, 0.1) is 0 Å². The van der Waals surface area contributed by atoms with Gasteiger partial charge in [0.15, 0.2) is 0 Å². The van der Waals surface area contributed by atoms with Gasteiger partial charge in [-0.2, -0.15) is 0 Å². The van der Waals surface area contributed by atoms with Gasteiger partial charge in [-0.15, -0.1) is 0 Å². The van der Waals surface area contributed by atoms with E-state index >= 15 is 0 Å². The first kappa shape index (κ1) is 21.7. The van der Waals surface area contributed by atoms with E-state index in [0.717, 1.165) is 74.9 Å². The van der Waals surface area contributed by atoms with Gasteiger partial charge >= 0.3 is 0 Å². The second-order valence-corrected chi connectivity index (χ2v) is 7.00. The molecule has 0 aromatic carbocycles. The summed E-state index contributed by atoms with van der Waals surface area (Å²) in [6, 6.07) is 14.2. The van der Waals surface area contributed by atoms with Crippen LogP contribution in [0.2, 0.25) is 0 Å². The van der Waals surface area contributed by atoms with Gasteiger partial charge in [-0.25, -0.2) is 0 Å². The van der Waals surface area contributed by atoms with Gasteiger partial charge in [-0.1, -0.05) is 6.07 Å². The monoisotopic (exact) mass is 405 g/mol. The van der Waals surface area contributed by atoms with Gasteiger partial charge < -0.3 is 20.6 Å². The molecule has 4 N–H and O–H groups in total. The third kappa shape index (κ3) is 8.55. The number of H-pyrrole nitrogens is 2. The molecule has 0 bridgehead atoms. The fourth-order valence-corrected chi connectivity index (χ4v) is 2.92. The van der Waals surface area contributed by atoms with Crippen LogP contribution in [0.4, 0.5) is 0 Å². The third-order valence-electron chi connectivity index (χ3n) is 4.46. The average molecular weight is 406 g/mol. The zero-order valence-electron chi connectivity index (χ0n) is 17.3. The fraction of sp³-hybridized carbons (Fsp3) is 0.348. The second-order valence-electron chi connectivity index (χ2n) is 7.00. The maximum absolute atomic E-state index is 4.72. The van der Waals surface area contributed by atoms with Crippen LogP contribution in [-0.4, -0.2) is 53.6 Å². The zero-order chi connectivity index (χ0) is 20.7. The Kier molecular flexibility index (Phi) is 9.57. The summed E-state index contributed by atoms with van der Waals surface area (Å²) in [6.45, 7) is 5.05. The summed E-state index contributed by atoms with van der Waals surface area (Å²) in [5, 5.41) is 6.88. The molecule has 3 aromatic rings. The number of pyridine rings is 1. The van der Waals surface area contributed by atoms with Crippen LogP contribution < -0.4 is 10.6 Å². The summed E-state index contributed by atoms with van der Waals surface area (Å²) in [6.07, 6.45) is 9.58. The predicted molar refractivity (Wildman–Crippen MR) is 123 cm³/mol. The highest BCUT2D eigenvalue weighted by Gasteiger charge is 1.98. The number of aliphatic imine (C=N–C) groups is 2. The molecule has 0 saturated heterocycles. The molecule has 0 radical (unpaired) electrons. The Morgan fingerprint density at radius 3 is 1.73 bits per heavy atom. The Morgan fingerprint density at radius 2 is 1.27 bits per heavy atom. The molecule has 0 atom stereocenters. The van der Waals surface area contributed by atoms with Gasteiger partial charge in [0.25, 0.3) is 0 Å². The van der Waals surface area contributed by atoms with Crippen LogP contribution in [0.1, 0.15) is 35.6 Å². The first-order valence-corrected chi connectivity index (χ1v) is 10.5. The van der Waals surface area contributed by atoms with Crippen molar-refractivity contribution in [2.45, 2.75) is 25.9 Å². The lowest BCUT2D eigenvalue weighted by Crippen LogP contribution is -2.19. The second kappa shape index (κ2) is 13.2. The molecule has 0 aliphatic rings. The largest absolute Gasteiger partial charge is 0.360 e. The molecule has 0 spiro atoms. The molecule has 3 rings (SSSR count). The molecular formula is C23H31N7. The van der Waals surface area contributed by atoms with Gasteiger partial charge in [0.1, 0.15) is 0 Å². The van der Waals surface area contributed by atoms with Crippen molar-refractivity contribution in [3.05, 3.63) is 77.6 Å². The Labute approximate surface area is 178 Å². The van der Waals surface area contributed by atoms with Crippen LogP contribution in [0.15, 0.2) is 64.8 Å². The van der Waals surface area contributed by atoms with Gasteiger partial charge in [-0.05, 0) is 62.3 Å². The van der Waals surface area contributed by atoms with Gasteiger partial charge in [0.05, 0.1) is 22.8 Å². The van der Waals surface area contributed by atoms with Crippen LogP contribution in [0.25, 0.3) is 0 Å². The standard InChI is InChI=1S/C23H31N7/c1-6-22(18-26-12-4-10-24-16-20-8-2-14-28-20)30-23(7-1)19-27-13-5-11-25-17-21-9-3-15-29-21/h1-3,6-9,14-17,26-29H,4-5,10-13,18-19H2. The van der Waals surface area contributed by atoms with Crippen molar-refractivity contribution in [3.63, 3.8) is 0 Å². The lowest BCUT2D eigenvalue weighted by Gasteiger charge is -2.07. The van der Waals surface area contributed by atoms with Crippen molar-refractivity contribution in [1.29, 1.82) is 0 Å². The smallest absolute Gasteiger partial charge is 0.0561 e. The van der Waals surface area contributed by atoms with Gasteiger partial charge in [-0.3, -0.25) is 15.0 Å². The van der Waals surface area contributed by atoms with Crippen LogP contribution >= 0.6 is 0 Å². The van der Waals surface area contributed by atoms with Crippen molar-refractivity contribution < 1.29 is 0 Å². The molecule has 0 saturated carbocycles. The Hall–Kier alpha value is -3.03. The van der Waals surface area contributed by atoms with Crippen molar-refractivity contribution in [2.24, 2.45) is 9.98 Å². The lowest BCUT2D eigenvalue weighted by atomic mass is 10.3. The number of hydrogen-bond donors (Lipinski definition) is 4. The van der Waals surface area contributed by atoms with Crippen LogP contribution in [0.3, 0.4) is 0 Å². The van der Waals surface area contributed by atoms with E-state index in [1.54, 1.807) is 0 Å². The number of rotatable bonds is 14. The molecule has 0 aliphatic carbocycles. The molecule has 7 heteroatoms. The third-order valence-corrected chi connectivity index (χ3v) is 4.46. The molecule has 3 heterocycles. The summed E-state index contributed by atoms with van der Waals surface area (Å²) in [5.74, 6) is 0. The summed E-state index contributed by atoms with van der Waals surface area (Å²) in [7, 11) is 0. The highest BCUT2D eigenvalue weighted by molar-refractivity contribution is 5.77.